The molecule has 2 aromatic rings. The van der Waals surface area contributed by atoms with E-state index in [-0.39, 0.29) is 0 Å². The van der Waals surface area contributed by atoms with Gasteiger partial charge in [0.25, 0.3) is 0 Å². The third-order valence-electron chi connectivity index (χ3n) is 4.71. The smallest absolute Gasteiger partial charge is 0.140 e. The molecule has 2 aromatic carbocycles. The number of aryl methyl sites for hydroxylation is 1. The van der Waals surface area contributed by atoms with Crippen LogP contribution in [-0.4, -0.2) is 0 Å². The number of hydrogen-bond donors (Lipinski definition) is 0. The van der Waals surface area contributed by atoms with Gasteiger partial charge in [-0.2, -0.15) is 5.26 Å². The second-order valence-electron chi connectivity index (χ2n) is 6.98. The summed E-state index contributed by atoms with van der Waals surface area (Å²) in [6, 6.07) is 14.5. The summed E-state index contributed by atoms with van der Waals surface area (Å²) in [4.78, 5) is 0. The molecule has 0 atom stereocenters. The highest BCUT2D eigenvalue weighted by molar-refractivity contribution is 5.46. The minimum atomic E-state index is -0.451. The van der Waals surface area contributed by atoms with Gasteiger partial charge in [-0.25, -0.2) is 4.39 Å². The zero-order chi connectivity index (χ0) is 19.3. The van der Waals surface area contributed by atoms with Crippen molar-refractivity contribution in [1.29, 1.82) is 5.26 Å². The first-order valence-electron chi connectivity index (χ1n) is 10.0. The van der Waals surface area contributed by atoms with Crippen LogP contribution in [0.15, 0.2) is 42.5 Å². The van der Waals surface area contributed by atoms with Gasteiger partial charge in [0.05, 0.1) is 17.2 Å². The van der Waals surface area contributed by atoms with Gasteiger partial charge in [-0.05, 0) is 48.7 Å². The van der Waals surface area contributed by atoms with E-state index in [1.807, 2.05) is 18.2 Å². The van der Waals surface area contributed by atoms with Crippen molar-refractivity contribution in [2.45, 2.75) is 64.7 Å². The van der Waals surface area contributed by atoms with Crippen LogP contribution in [0.25, 0.3) is 0 Å². The summed E-state index contributed by atoms with van der Waals surface area (Å²) in [5, 5.41) is 8.77. The van der Waals surface area contributed by atoms with Crippen molar-refractivity contribution >= 4 is 0 Å². The summed E-state index contributed by atoms with van der Waals surface area (Å²) < 4.78 is 13.8. The summed E-state index contributed by atoms with van der Waals surface area (Å²) in [5.74, 6) is 5.39. The van der Waals surface area contributed by atoms with Crippen molar-refractivity contribution in [2.24, 2.45) is 0 Å². The van der Waals surface area contributed by atoms with Gasteiger partial charge >= 0.3 is 0 Å². The number of rotatable bonds is 9. The zero-order valence-electron chi connectivity index (χ0n) is 16.2. The molecule has 0 fully saturated rings. The minimum Gasteiger partial charge on any atom is -0.206 e. The van der Waals surface area contributed by atoms with E-state index in [4.69, 9.17) is 5.26 Å². The fraction of sp³-hybridized carbons (Fsp3) is 0.400. The Labute approximate surface area is 163 Å². The molecule has 0 aliphatic carbocycles. The third kappa shape index (κ3) is 7.67. The lowest BCUT2D eigenvalue weighted by atomic mass is 10.0. The predicted molar refractivity (Wildman–Crippen MR) is 110 cm³/mol. The fourth-order valence-corrected chi connectivity index (χ4v) is 3.04. The topological polar surface area (TPSA) is 23.8 Å². The normalized spacial score (nSPS) is 10.1. The number of halogens is 1. The van der Waals surface area contributed by atoms with Crippen molar-refractivity contribution < 1.29 is 4.39 Å². The van der Waals surface area contributed by atoms with Gasteiger partial charge in [0.1, 0.15) is 5.82 Å². The van der Waals surface area contributed by atoms with Gasteiger partial charge < -0.3 is 0 Å². The molecule has 0 unspecified atom stereocenters. The Hall–Kier alpha value is -2.58. The quantitative estimate of drug-likeness (QED) is 0.357. The van der Waals surface area contributed by atoms with Crippen LogP contribution in [0.3, 0.4) is 0 Å². The average Bonchev–Trinajstić information content (AvgIpc) is 2.70. The molecule has 0 radical (unpaired) electrons. The number of nitriles is 1. The number of unbranched alkanes of at least 4 members (excludes halogenated alkanes) is 7. The first kappa shape index (κ1) is 20.7. The largest absolute Gasteiger partial charge is 0.206 e. The molecule has 0 aliphatic heterocycles. The van der Waals surface area contributed by atoms with Crippen LogP contribution in [-0.2, 0) is 6.42 Å². The number of benzene rings is 2. The minimum absolute atomic E-state index is 0.309. The number of hydrogen-bond acceptors (Lipinski definition) is 1. The average molecular weight is 362 g/mol. The number of nitrogens with zero attached hydrogens (tertiary/aromatic N) is 1. The predicted octanol–water partition coefficient (Wildman–Crippen LogP) is 6.78. The standard InChI is InChI=1S/C25H28FN/c1-2-3-4-5-6-7-8-9-10-21-11-13-22(14-12-21)15-17-24-18-16-23(20-27)19-25(24)26/h11-14,16,18-19H,2-10H2,1H3. The van der Waals surface area contributed by atoms with Crippen LogP contribution in [0.2, 0.25) is 0 Å². The van der Waals surface area contributed by atoms with E-state index in [1.165, 1.54) is 63.0 Å². The molecule has 0 aliphatic rings. The lowest BCUT2D eigenvalue weighted by Gasteiger charge is -2.03. The molecule has 2 heteroatoms. The molecule has 140 valence electrons. The van der Waals surface area contributed by atoms with E-state index in [0.717, 1.165) is 12.0 Å². The lowest BCUT2D eigenvalue weighted by molar-refractivity contribution is 0.575. The van der Waals surface area contributed by atoms with E-state index in [1.54, 1.807) is 12.1 Å². The molecule has 0 N–H and O–H groups in total. The molecule has 0 bridgehead atoms. The van der Waals surface area contributed by atoms with Crippen LogP contribution in [0, 0.1) is 29.0 Å². The maximum atomic E-state index is 13.8. The Morgan fingerprint density at radius 1 is 0.778 bits per heavy atom. The SMILES string of the molecule is CCCCCCCCCCc1ccc(C#Cc2ccc(C#N)cc2F)cc1. The lowest BCUT2D eigenvalue weighted by Crippen LogP contribution is -1.88. The van der Waals surface area contributed by atoms with Crippen molar-refractivity contribution in [3.8, 4) is 17.9 Å². The van der Waals surface area contributed by atoms with Crippen molar-refractivity contribution in [3.63, 3.8) is 0 Å². The van der Waals surface area contributed by atoms with Crippen molar-refractivity contribution in [2.75, 3.05) is 0 Å². The van der Waals surface area contributed by atoms with Gasteiger partial charge in [-0.1, -0.05) is 75.8 Å². The summed E-state index contributed by atoms with van der Waals surface area (Å²) >= 11 is 0. The fourth-order valence-electron chi connectivity index (χ4n) is 3.04. The van der Waals surface area contributed by atoms with Crippen LogP contribution >= 0.6 is 0 Å². The Kier molecular flexibility index (Phi) is 9.15. The van der Waals surface area contributed by atoms with Gasteiger partial charge in [0.2, 0.25) is 0 Å². The summed E-state index contributed by atoms with van der Waals surface area (Å²) in [6.45, 7) is 2.25. The first-order valence-corrected chi connectivity index (χ1v) is 10.0. The second-order valence-corrected chi connectivity index (χ2v) is 6.98. The highest BCUT2D eigenvalue weighted by Gasteiger charge is 2.00. The first-order chi connectivity index (χ1) is 13.2. The molecule has 1 nitrogen and oxygen atoms in total. The molecule has 0 saturated heterocycles. The molecule has 0 saturated carbocycles. The van der Waals surface area contributed by atoms with Crippen molar-refractivity contribution in [3.05, 3.63) is 70.5 Å². The van der Waals surface area contributed by atoms with Crippen LogP contribution in [0.4, 0.5) is 4.39 Å². The summed E-state index contributed by atoms with van der Waals surface area (Å²) in [6.07, 6.45) is 11.8. The highest BCUT2D eigenvalue weighted by atomic mass is 19.1. The summed E-state index contributed by atoms with van der Waals surface area (Å²) in [7, 11) is 0. The Bertz CT molecular complexity index is 803. The van der Waals surface area contributed by atoms with Crippen LogP contribution < -0.4 is 0 Å². The Balaban J connectivity index is 1.77. The van der Waals surface area contributed by atoms with E-state index >= 15 is 0 Å². The van der Waals surface area contributed by atoms with E-state index in [9.17, 15) is 4.39 Å². The molecular formula is C25H28FN. The summed E-state index contributed by atoms with van der Waals surface area (Å²) in [5.41, 5.74) is 2.83. The molecule has 27 heavy (non-hydrogen) atoms. The van der Waals surface area contributed by atoms with Gasteiger partial charge in [-0.15, -0.1) is 0 Å². The van der Waals surface area contributed by atoms with Gasteiger partial charge in [0.15, 0.2) is 0 Å². The highest BCUT2D eigenvalue weighted by Crippen LogP contribution is 2.13. The second kappa shape index (κ2) is 11.9. The zero-order valence-corrected chi connectivity index (χ0v) is 16.2. The molecule has 0 heterocycles. The molecule has 2 rings (SSSR count). The van der Waals surface area contributed by atoms with Crippen LogP contribution in [0.5, 0.6) is 0 Å². The Morgan fingerprint density at radius 3 is 2.04 bits per heavy atom. The van der Waals surface area contributed by atoms with E-state index in [0.29, 0.717) is 11.1 Å². The van der Waals surface area contributed by atoms with Gasteiger partial charge in [0, 0.05) is 5.56 Å². The monoisotopic (exact) mass is 361 g/mol. The molecular weight excluding hydrogens is 333 g/mol. The third-order valence-corrected chi connectivity index (χ3v) is 4.71. The molecule has 0 amide bonds. The Morgan fingerprint density at radius 2 is 1.41 bits per heavy atom. The van der Waals surface area contributed by atoms with E-state index < -0.39 is 5.82 Å². The van der Waals surface area contributed by atoms with Crippen LogP contribution in [0.1, 0.15) is 80.5 Å². The van der Waals surface area contributed by atoms with E-state index in [2.05, 4.69) is 30.9 Å². The maximum absolute atomic E-state index is 13.8. The van der Waals surface area contributed by atoms with Gasteiger partial charge in [-0.3, -0.25) is 0 Å². The van der Waals surface area contributed by atoms with Crippen molar-refractivity contribution in [1.82, 2.24) is 0 Å². The molecule has 0 spiro atoms. The molecule has 0 aromatic heterocycles. The maximum Gasteiger partial charge on any atom is 0.140 e.